The molecular formula is C15H21ClN2O4. The van der Waals surface area contributed by atoms with Crippen LogP contribution in [0.15, 0.2) is 18.2 Å². The number of methoxy groups -OCH3 is 2. The number of carbonyl (C=O) groups is 2. The topological polar surface area (TPSA) is 76.7 Å². The van der Waals surface area contributed by atoms with Gasteiger partial charge in [-0.3, -0.25) is 14.9 Å². The Morgan fingerprint density at radius 3 is 2.55 bits per heavy atom. The summed E-state index contributed by atoms with van der Waals surface area (Å²) < 4.78 is 9.89. The second kappa shape index (κ2) is 8.00. The molecule has 0 bridgehead atoms. The van der Waals surface area contributed by atoms with Gasteiger partial charge in [-0.2, -0.15) is 0 Å². The van der Waals surface area contributed by atoms with Crippen molar-refractivity contribution >= 4 is 29.2 Å². The largest absolute Gasteiger partial charge is 0.495 e. The fraction of sp³-hybridized carbons (Fsp3) is 0.467. The van der Waals surface area contributed by atoms with Crippen molar-refractivity contribution in [1.82, 2.24) is 5.32 Å². The van der Waals surface area contributed by atoms with Gasteiger partial charge in [0, 0.05) is 5.02 Å². The summed E-state index contributed by atoms with van der Waals surface area (Å²) in [4.78, 5) is 23.8. The number of rotatable bonds is 7. The fourth-order valence-electron chi connectivity index (χ4n) is 1.81. The van der Waals surface area contributed by atoms with Crippen molar-refractivity contribution in [2.45, 2.75) is 25.8 Å². The van der Waals surface area contributed by atoms with E-state index in [-0.39, 0.29) is 12.5 Å². The first-order valence-corrected chi connectivity index (χ1v) is 7.21. The van der Waals surface area contributed by atoms with E-state index in [1.165, 1.54) is 14.2 Å². The highest BCUT2D eigenvalue weighted by molar-refractivity contribution is 6.31. The zero-order valence-corrected chi connectivity index (χ0v) is 13.9. The lowest BCUT2D eigenvalue weighted by Crippen LogP contribution is -2.52. The number of amides is 1. The van der Waals surface area contributed by atoms with Crippen LogP contribution in [0.1, 0.15) is 20.3 Å². The molecule has 0 radical (unpaired) electrons. The van der Waals surface area contributed by atoms with Crippen molar-refractivity contribution in [3.8, 4) is 5.75 Å². The highest BCUT2D eigenvalue weighted by Gasteiger charge is 2.32. The van der Waals surface area contributed by atoms with Crippen LogP contribution in [0.4, 0.5) is 5.69 Å². The molecule has 0 fully saturated rings. The van der Waals surface area contributed by atoms with Crippen LogP contribution >= 0.6 is 11.6 Å². The molecule has 2 N–H and O–H groups in total. The molecule has 1 rings (SSSR count). The summed E-state index contributed by atoms with van der Waals surface area (Å²) in [6.45, 7) is 3.48. The molecule has 6 nitrogen and oxygen atoms in total. The summed E-state index contributed by atoms with van der Waals surface area (Å²) in [6, 6.07) is 4.92. The Balaban J connectivity index is 2.71. The zero-order chi connectivity index (χ0) is 16.8. The van der Waals surface area contributed by atoms with Gasteiger partial charge in [-0.15, -0.1) is 0 Å². The predicted molar refractivity (Wildman–Crippen MR) is 85.3 cm³/mol. The normalized spacial score (nSPS) is 13.1. The Labute approximate surface area is 135 Å². The van der Waals surface area contributed by atoms with Crippen LogP contribution in [0.25, 0.3) is 0 Å². The van der Waals surface area contributed by atoms with Gasteiger partial charge >= 0.3 is 5.97 Å². The van der Waals surface area contributed by atoms with Crippen molar-refractivity contribution in [2.24, 2.45) is 0 Å². The number of halogens is 1. The van der Waals surface area contributed by atoms with Crippen molar-refractivity contribution < 1.29 is 19.1 Å². The maximum atomic E-state index is 12.0. The van der Waals surface area contributed by atoms with E-state index in [0.717, 1.165) is 0 Å². The van der Waals surface area contributed by atoms with E-state index in [4.69, 9.17) is 21.1 Å². The standard InChI is InChI=1S/C15H21ClN2O4/c1-5-15(2,14(20)22-4)17-9-13(19)18-11-8-10(16)6-7-12(11)21-3/h6-8,17H,5,9H2,1-4H3,(H,18,19)/t15-/m0/s1. The summed E-state index contributed by atoms with van der Waals surface area (Å²) >= 11 is 5.91. The third-order valence-corrected chi connectivity index (χ3v) is 3.65. The highest BCUT2D eigenvalue weighted by Crippen LogP contribution is 2.27. The first-order valence-electron chi connectivity index (χ1n) is 6.83. The van der Waals surface area contributed by atoms with E-state index in [9.17, 15) is 9.59 Å². The third kappa shape index (κ3) is 4.61. The number of hydrogen-bond acceptors (Lipinski definition) is 5. The summed E-state index contributed by atoms with van der Waals surface area (Å²) in [5.41, 5.74) is -0.442. The Kier molecular flexibility index (Phi) is 6.64. The third-order valence-electron chi connectivity index (χ3n) is 3.42. The van der Waals surface area contributed by atoms with Gasteiger partial charge in [-0.1, -0.05) is 18.5 Å². The second-order valence-corrected chi connectivity index (χ2v) is 5.36. The first kappa shape index (κ1) is 18.3. The van der Waals surface area contributed by atoms with Crippen LogP contribution in [0.2, 0.25) is 5.02 Å². The Morgan fingerprint density at radius 1 is 1.32 bits per heavy atom. The Bertz CT molecular complexity index is 550. The van der Waals surface area contributed by atoms with Gasteiger partial charge in [0.05, 0.1) is 26.5 Å². The van der Waals surface area contributed by atoms with Crippen molar-refractivity contribution in [3.63, 3.8) is 0 Å². The summed E-state index contributed by atoms with van der Waals surface area (Å²) in [6.07, 6.45) is 0.493. The summed E-state index contributed by atoms with van der Waals surface area (Å²) in [5, 5.41) is 6.08. The average molecular weight is 329 g/mol. The molecule has 0 spiro atoms. The molecule has 122 valence electrons. The minimum atomic E-state index is -0.912. The number of esters is 1. The molecule has 1 aromatic carbocycles. The van der Waals surface area contributed by atoms with Crippen LogP contribution in [0.5, 0.6) is 5.75 Å². The number of benzene rings is 1. The highest BCUT2D eigenvalue weighted by atomic mass is 35.5. The smallest absolute Gasteiger partial charge is 0.325 e. The fourth-order valence-corrected chi connectivity index (χ4v) is 1.99. The van der Waals surface area contributed by atoms with Crippen LogP contribution in [0.3, 0.4) is 0 Å². The SMILES string of the molecule is CC[C@](C)(NCC(=O)Nc1cc(Cl)ccc1OC)C(=O)OC. The molecule has 0 unspecified atom stereocenters. The molecule has 0 aliphatic carbocycles. The Morgan fingerprint density at radius 2 is 2.00 bits per heavy atom. The monoisotopic (exact) mass is 328 g/mol. The molecule has 1 aromatic rings. The molecule has 1 atom stereocenters. The van der Waals surface area contributed by atoms with Gasteiger partial charge in [-0.05, 0) is 31.5 Å². The van der Waals surface area contributed by atoms with Crippen molar-refractivity contribution in [3.05, 3.63) is 23.2 Å². The Hall–Kier alpha value is -1.79. The van der Waals surface area contributed by atoms with Gasteiger partial charge < -0.3 is 14.8 Å². The van der Waals surface area contributed by atoms with Crippen LogP contribution in [0, 0.1) is 0 Å². The predicted octanol–water partition coefficient (Wildman–Crippen LogP) is 2.22. The minimum absolute atomic E-state index is 0.0465. The van der Waals surface area contributed by atoms with E-state index < -0.39 is 11.5 Å². The molecule has 1 amide bonds. The zero-order valence-electron chi connectivity index (χ0n) is 13.2. The van der Waals surface area contributed by atoms with Crippen LogP contribution < -0.4 is 15.4 Å². The first-order chi connectivity index (χ1) is 10.4. The van der Waals surface area contributed by atoms with Gasteiger partial charge in [0.15, 0.2) is 0 Å². The van der Waals surface area contributed by atoms with E-state index in [2.05, 4.69) is 10.6 Å². The maximum absolute atomic E-state index is 12.0. The van der Waals surface area contributed by atoms with E-state index in [1.54, 1.807) is 25.1 Å². The number of carbonyl (C=O) groups excluding carboxylic acids is 2. The molecule has 0 aliphatic heterocycles. The number of nitrogens with one attached hydrogen (secondary N) is 2. The second-order valence-electron chi connectivity index (χ2n) is 4.92. The number of anilines is 1. The molecular weight excluding hydrogens is 308 g/mol. The maximum Gasteiger partial charge on any atom is 0.325 e. The lowest BCUT2D eigenvalue weighted by atomic mass is 9.99. The lowest BCUT2D eigenvalue weighted by Gasteiger charge is -2.26. The van der Waals surface area contributed by atoms with E-state index in [0.29, 0.717) is 22.9 Å². The van der Waals surface area contributed by atoms with E-state index >= 15 is 0 Å². The molecule has 0 saturated heterocycles. The lowest BCUT2D eigenvalue weighted by molar-refractivity contribution is -0.148. The van der Waals surface area contributed by atoms with Gasteiger partial charge in [0.25, 0.3) is 0 Å². The molecule has 0 aromatic heterocycles. The summed E-state index contributed by atoms with van der Waals surface area (Å²) in [7, 11) is 2.82. The van der Waals surface area contributed by atoms with Crippen LogP contribution in [-0.2, 0) is 14.3 Å². The minimum Gasteiger partial charge on any atom is -0.495 e. The average Bonchev–Trinajstić information content (AvgIpc) is 2.52. The quantitative estimate of drug-likeness (QED) is 0.750. The van der Waals surface area contributed by atoms with Crippen molar-refractivity contribution in [2.75, 3.05) is 26.1 Å². The number of hydrogen-bond donors (Lipinski definition) is 2. The van der Waals surface area contributed by atoms with Gasteiger partial charge in [-0.25, -0.2) is 0 Å². The van der Waals surface area contributed by atoms with Gasteiger partial charge in [0.2, 0.25) is 5.91 Å². The van der Waals surface area contributed by atoms with Crippen molar-refractivity contribution in [1.29, 1.82) is 0 Å². The molecule has 0 heterocycles. The van der Waals surface area contributed by atoms with E-state index in [1.807, 2.05) is 6.92 Å². The van der Waals surface area contributed by atoms with Gasteiger partial charge in [0.1, 0.15) is 11.3 Å². The number of ether oxygens (including phenoxy) is 2. The molecule has 0 aliphatic rings. The summed E-state index contributed by atoms with van der Waals surface area (Å²) in [5.74, 6) is -0.226. The van der Waals surface area contributed by atoms with Crippen LogP contribution in [-0.4, -0.2) is 38.2 Å². The molecule has 0 saturated carbocycles. The molecule has 7 heteroatoms. The molecule has 22 heavy (non-hydrogen) atoms.